The van der Waals surface area contributed by atoms with Crippen LogP contribution in [-0.2, 0) is 28.6 Å². The Morgan fingerprint density at radius 1 is 1.24 bits per heavy atom. The van der Waals surface area contributed by atoms with Crippen molar-refractivity contribution in [2.75, 3.05) is 38.5 Å². The fourth-order valence-electron chi connectivity index (χ4n) is 3.41. The van der Waals surface area contributed by atoms with Crippen molar-refractivity contribution in [1.29, 1.82) is 0 Å². The Kier molecular flexibility index (Phi) is 10.8. The van der Waals surface area contributed by atoms with Crippen molar-refractivity contribution in [3.8, 4) is 0 Å². The number of nitrogens with one attached hydrogen (secondary N) is 2. The van der Waals surface area contributed by atoms with E-state index in [-0.39, 0.29) is 0 Å². The molecule has 2 atom stereocenters. The number of benzene rings is 1. The van der Waals surface area contributed by atoms with E-state index in [4.69, 9.17) is 14.2 Å². The molecular weight excluding hydrogens is 464 g/mol. The van der Waals surface area contributed by atoms with Gasteiger partial charge in [0.15, 0.2) is 6.29 Å². The minimum absolute atomic E-state index is 0.332. The van der Waals surface area contributed by atoms with Crippen molar-refractivity contribution in [2.24, 2.45) is 0 Å². The maximum atomic E-state index is 13.4. The molecule has 1 aromatic rings. The summed E-state index contributed by atoms with van der Waals surface area (Å²) in [5.41, 5.74) is 2.72. The number of dihydropyridines is 1. The summed E-state index contributed by atoms with van der Waals surface area (Å²) in [5, 5.41) is 5.84. The summed E-state index contributed by atoms with van der Waals surface area (Å²) in [6.07, 6.45) is 1.85. The molecule has 0 radical (unpaired) electrons. The molecule has 1 aromatic carbocycles. The van der Waals surface area contributed by atoms with Gasteiger partial charge in [0.25, 0.3) is 0 Å². The number of thioether (sulfide) groups is 2. The van der Waals surface area contributed by atoms with Gasteiger partial charge in [0, 0.05) is 41.4 Å². The Bertz CT molecular complexity index is 931. The van der Waals surface area contributed by atoms with Gasteiger partial charge in [-0.25, -0.2) is 9.59 Å². The highest BCUT2D eigenvalue weighted by Crippen LogP contribution is 2.41. The second-order valence-electron chi connectivity index (χ2n) is 7.09. The smallest absolute Gasteiger partial charge is 0.339 e. The quantitative estimate of drug-likeness (QED) is 0.149. The van der Waals surface area contributed by atoms with E-state index < -0.39 is 24.1 Å². The minimum Gasteiger partial charge on any atom is -0.466 e. The van der Waals surface area contributed by atoms with Gasteiger partial charge in [-0.3, -0.25) is 4.79 Å². The van der Waals surface area contributed by atoms with Crippen molar-refractivity contribution < 1.29 is 28.6 Å². The van der Waals surface area contributed by atoms with E-state index >= 15 is 0 Å². The first-order chi connectivity index (χ1) is 15.9. The Labute approximate surface area is 202 Å². The van der Waals surface area contributed by atoms with Crippen molar-refractivity contribution in [3.63, 3.8) is 0 Å². The number of carbonyl (C=O) groups excluding carboxylic acids is 3. The molecule has 2 unspecified atom stereocenters. The van der Waals surface area contributed by atoms with E-state index in [1.807, 2.05) is 30.5 Å². The number of esters is 2. The molecule has 0 aliphatic carbocycles. The predicted molar refractivity (Wildman–Crippen MR) is 130 cm³/mol. The molecule has 0 saturated carbocycles. The zero-order valence-electron chi connectivity index (χ0n) is 19.4. The highest BCUT2D eigenvalue weighted by atomic mass is 32.2. The molecular formula is C23H30N2O6S2. The summed E-state index contributed by atoms with van der Waals surface area (Å²) < 4.78 is 15.7. The topological polar surface area (TPSA) is 103 Å². The van der Waals surface area contributed by atoms with Gasteiger partial charge in [0.2, 0.25) is 6.41 Å². The molecule has 8 nitrogen and oxygen atoms in total. The van der Waals surface area contributed by atoms with E-state index in [0.717, 1.165) is 10.5 Å². The Morgan fingerprint density at radius 2 is 2.00 bits per heavy atom. The van der Waals surface area contributed by atoms with Gasteiger partial charge in [-0.15, -0.1) is 11.8 Å². The molecule has 1 aliphatic rings. The standard InChI is InChI=1S/C23H30N2O6S2/c1-14-19(22(27)30-4)20(16-7-6-8-17(11-16)32-5)21(23(28)31-15(2)29-3)18(25-14)12-33-10-9-24-13-26/h6-8,11,13,15,20,25H,9-10,12H2,1-5H3,(H,24,26). The van der Waals surface area contributed by atoms with Crippen LogP contribution in [-0.4, -0.2) is 63.2 Å². The molecule has 0 spiro atoms. The number of ether oxygens (including phenoxy) is 3. The van der Waals surface area contributed by atoms with Crippen LogP contribution in [0.3, 0.4) is 0 Å². The van der Waals surface area contributed by atoms with E-state index in [1.54, 1.807) is 37.4 Å². The highest BCUT2D eigenvalue weighted by molar-refractivity contribution is 7.99. The average Bonchev–Trinajstić information content (AvgIpc) is 2.82. The molecule has 1 aliphatic heterocycles. The summed E-state index contributed by atoms with van der Waals surface area (Å²) in [4.78, 5) is 37.7. The lowest BCUT2D eigenvalue weighted by molar-refractivity contribution is -0.165. The summed E-state index contributed by atoms with van der Waals surface area (Å²) in [6, 6.07) is 7.71. The summed E-state index contributed by atoms with van der Waals surface area (Å²) in [7, 11) is 2.77. The van der Waals surface area contributed by atoms with Crippen molar-refractivity contribution in [3.05, 3.63) is 52.4 Å². The second kappa shape index (κ2) is 13.3. The number of allylic oxidation sites excluding steroid dienone is 1. The van der Waals surface area contributed by atoms with Crippen molar-refractivity contribution in [1.82, 2.24) is 10.6 Å². The zero-order valence-corrected chi connectivity index (χ0v) is 21.1. The van der Waals surface area contributed by atoms with E-state index in [9.17, 15) is 14.4 Å². The SMILES string of the molecule is COC(=O)C1=C(C)NC(CSCCNC=O)=C(C(=O)OC(C)OC)C1c1cccc(SC)c1. The first kappa shape index (κ1) is 26.8. The van der Waals surface area contributed by atoms with Gasteiger partial charge < -0.3 is 24.8 Å². The zero-order chi connectivity index (χ0) is 24.4. The summed E-state index contributed by atoms with van der Waals surface area (Å²) in [6.45, 7) is 3.92. The number of amides is 1. The Hall–Kier alpha value is -2.43. The Morgan fingerprint density at radius 3 is 2.64 bits per heavy atom. The molecule has 0 bridgehead atoms. The summed E-state index contributed by atoms with van der Waals surface area (Å²) in [5.74, 6) is -0.666. The molecule has 2 N–H and O–H groups in total. The lowest BCUT2D eigenvalue weighted by Crippen LogP contribution is -2.35. The third-order valence-electron chi connectivity index (χ3n) is 5.02. The van der Waals surface area contributed by atoms with Gasteiger partial charge in [-0.05, 0) is 37.8 Å². The monoisotopic (exact) mass is 494 g/mol. The normalized spacial score (nSPS) is 16.7. The first-order valence-electron chi connectivity index (χ1n) is 10.3. The molecule has 0 aromatic heterocycles. The van der Waals surface area contributed by atoms with Crippen molar-refractivity contribution in [2.45, 2.75) is 31.0 Å². The largest absolute Gasteiger partial charge is 0.466 e. The molecule has 33 heavy (non-hydrogen) atoms. The fraction of sp³-hybridized carbons (Fsp3) is 0.435. The van der Waals surface area contributed by atoms with Gasteiger partial charge in [0.05, 0.1) is 24.2 Å². The van der Waals surface area contributed by atoms with Crippen LogP contribution in [0.2, 0.25) is 0 Å². The van der Waals surface area contributed by atoms with Crippen LogP contribution in [0.1, 0.15) is 25.3 Å². The molecule has 1 heterocycles. The van der Waals surface area contributed by atoms with E-state index in [0.29, 0.717) is 47.0 Å². The molecule has 1 amide bonds. The third-order valence-corrected chi connectivity index (χ3v) is 6.73. The second-order valence-corrected chi connectivity index (χ2v) is 9.08. The molecule has 10 heteroatoms. The van der Waals surface area contributed by atoms with Gasteiger partial charge in [-0.2, -0.15) is 11.8 Å². The summed E-state index contributed by atoms with van der Waals surface area (Å²) >= 11 is 3.11. The van der Waals surface area contributed by atoms with Gasteiger partial charge >= 0.3 is 11.9 Å². The molecule has 2 rings (SSSR count). The minimum atomic E-state index is -0.762. The molecule has 180 valence electrons. The molecule has 0 fully saturated rings. The van der Waals surface area contributed by atoms with Crippen LogP contribution < -0.4 is 10.6 Å². The Balaban J connectivity index is 2.60. The first-order valence-corrected chi connectivity index (χ1v) is 12.7. The lowest BCUT2D eigenvalue weighted by atomic mass is 9.80. The van der Waals surface area contributed by atoms with Crippen LogP contribution >= 0.6 is 23.5 Å². The number of carbonyl (C=O) groups is 3. The number of hydrogen-bond acceptors (Lipinski definition) is 9. The van der Waals surface area contributed by atoms with Gasteiger partial charge in [-0.1, -0.05) is 12.1 Å². The van der Waals surface area contributed by atoms with E-state index in [1.165, 1.54) is 14.2 Å². The number of rotatable bonds is 12. The van der Waals surface area contributed by atoms with Crippen LogP contribution in [0.5, 0.6) is 0 Å². The lowest BCUT2D eigenvalue weighted by Gasteiger charge is -2.32. The number of methoxy groups -OCH3 is 2. The average molecular weight is 495 g/mol. The van der Waals surface area contributed by atoms with E-state index in [2.05, 4.69) is 10.6 Å². The van der Waals surface area contributed by atoms with Crippen LogP contribution in [0.4, 0.5) is 0 Å². The maximum absolute atomic E-state index is 13.4. The van der Waals surface area contributed by atoms with Crippen LogP contribution in [0, 0.1) is 0 Å². The fourth-order valence-corrected chi connectivity index (χ4v) is 4.72. The maximum Gasteiger partial charge on any atom is 0.339 e. The third kappa shape index (κ3) is 7.02. The highest BCUT2D eigenvalue weighted by Gasteiger charge is 2.39. The van der Waals surface area contributed by atoms with Crippen LogP contribution in [0.25, 0.3) is 0 Å². The van der Waals surface area contributed by atoms with Gasteiger partial charge in [0.1, 0.15) is 0 Å². The predicted octanol–water partition coefficient (Wildman–Crippen LogP) is 2.81. The van der Waals surface area contributed by atoms with Crippen molar-refractivity contribution >= 4 is 41.9 Å². The molecule has 0 saturated heterocycles. The number of hydrogen-bond donors (Lipinski definition) is 2. The van der Waals surface area contributed by atoms with Crippen LogP contribution in [0.15, 0.2) is 51.7 Å².